The highest BCUT2D eigenvalue weighted by Crippen LogP contribution is 2.34. The van der Waals surface area contributed by atoms with Crippen LogP contribution in [0, 0.1) is 19.8 Å². The maximum absolute atomic E-state index is 13.0. The van der Waals surface area contributed by atoms with Crippen molar-refractivity contribution in [1.29, 1.82) is 0 Å². The molecule has 1 aromatic heterocycles. The topological polar surface area (TPSA) is 92.3 Å². The number of anilines is 1. The molecule has 2 heterocycles. The van der Waals surface area contributed by atoms with Crippen LogP contribution in [0.4, 0.5) is 5.69 Å². The van der Waals surface area contributed by atoms with Gasteiger partial charge in [0.05, 0.1) is 10.6 Å². The van der Waals surface area contributed by atoms with Crippen molar-refractivity contribution in [2.24, 2.45) is 5.92 Å². The molecule has 10 heteroatoms. The van der Waals surface area contributed by atoms with Crippen LogP contribution in [0.15, 0.2) is 62.1 Å². The molecule has 168 valence electrons. The summed E-state index contributed by atoms with van der Waals surface area (Å²) >= 11 is 2.90. The minimum absolute atomic E-state index is 0.0847. The SMILES string of the molecule is Cc1ccc(S(=O)(=O)N2CCC(C(=O)Nc3ccccc3Sc3nncs3)CC2)cc1C. The van der Waals surface area contributed by atoms with Gasteiger partial charge in [-0.2, -0.15) is 4.31 Å². The third kappa shape index (κ3) is 5.03. The number of aromatic nitrogens is 2. The van der Waals surface area contributed by atoms with Gasteiger partial charge in [0, 0.05) is 23.9 Å². The molecule has 4 rings (SSSR count). The number of piperidine rings is 1. The van der Waals surface area contributed by atoms with Gasteiger partial charge in [0.1, 0.15) is 5.51 Å². The van der Waals surface area contributed by atoms with Gasteiger partial charge in [-0.1, -0.05) is 41.3 Å². The number of hydrogen-bond acceptors (Lipinski definition) is 7. The largest absolute Gasteiger partial charge is 0.325 e. The first-order valence-corrected chi connectivity index (χ1v) is 13.4. The number of carbonyl (C=O) groups excluding carboxylic acids is 1. The van der Waals surface area contributed by atoms with Gasteiger partial charge in [-0.3, -0.25) is 4.79 Å². The average molecular weight is 489 g/mol. The standard InChI is InChI=1S/C22H24N4O3S3/c1-15-7-8-18(13-16(15)2)32(28,29)26-11-9-17(10-12-26)21(27)24-19-5-3-4-6-20(19)31-22-25-23-14-30-22/h3-8,13-14,17H,9-12H2,1-2H3,(H,24,27). The van der Waals surface area contributed by atoms with Gasteiger partial charge in [-0.15, -0.1) is 10.2 Å². The zero-order valence-electron chi connectivity index (χ0n) is 17.8. The van der Waals surface area contributed by atoms with Crippen molar-refractivity contribution in [2.75, 3.05) is 18.4 Å². The Morgan fingerprint density at radius 2 is 1.88 bits per heavy atom. The molecule has 2 aromatic carbocycles. The first-order chi connectivity index (χ1) is 15.3. The van der Waals surface area contributed by atoms with E-state index in [1.807, 2.05) is 44.2 Å². The molecule has 0 spiro atoms. The highest BCUT2D eigenvalue weighted by atomic mass is 32.2. The lowest BCUT2D eigenvalue weighted by Crippen LogP contribution is -2.41. The normalized spacial score (nSPS) is 15.6. The van der Waals surface area contributed by atoms with Crippen LogP contribution in [-0.2, 0) is 14.8 Å². The van der Waals surface area contributed by atoms with E-state index in [0.717, 1.165) is 26.0 Å². The summed E-state index contributed by atoms with van der Waals surface area (Å²) in [6.07, 6.45) is 0.975. The van der Waals surface area contributed by atoms with Gasteiger partial charge in [-0.05, 0) is 62.1 Å². The summed E-state index contributed by atoms with van der Waals surface area (Å²) in [5, 5.41) is 10.9. The molecule has 1 saturated heterocycles. The maximum atomic E-state index is 13.0. The molecule has 32 heavy (non-hydrogen) atoms. The number of benzene rings is 2. The van der Waals surface area contributed by atoms with Crippen molar-refractivity contribution in [1.82, 2.24) is 14.5 Å². The Labute approximate surface area is 196 Å². The average Bonchev–Trinajstić information content (AvgIpc) is 3.30. The molecule has 0 saturated carbocycles. The number of carbonyl (C=O) groups is 1. The second kappa shape index (κ2) is 9.70. The summed E-state index contributed by atoms with van der Waals surface area (Å²) in [6.45, 7) is 4.52. The molecule has 0 unspecified atom stereocenters. The maximum Gasteiger partial charge on any atom is 0.243 e. The van der Waals surface area contributed by atoms with Gasteiger partial charge < -0.3 is 5.32 Å². The highest BCUT2D eigenvalue weighted by molar-refractivity contribution is 8.01. The molecule has 0 radical (unpaired) electrons. The Morgan fingerprint density at radius 3 is 2.56 bits per heavy atom. The van der Waals surface area contributed by atoms with Crippen LogP contribution < -0.4 is 5.32 Å². The van der Waals surface area contributed by atoms with Crippen LogP contribution in [0.25, 0.3) is 0 Å². The Balaban J connectivity index is 1.39. The summed E-state index contributed by atoms with van der Waals surface area (Å²) in [5.41, 5.74) is 4.40. The number of hydrogen-bond donors (Lipinski definition) is 1. The molecular formula is C22H24N4O3S3. The lowest BCUT2D eigenvalue weighted by Gasteiger charge is -2.30. The van der Waals surface area contributed by atoms with E-state index < -0.39 is 10.0 Å². The molecule has 1 N–H and O–H groups in total. The van der Waals surface area contributed by atoms with Crippen molar-refractivity contribution in [2.45, 2.75) is 40.8 Å². The number of nitrogens with zero attached hydrogens (tertiary/aromatic N) is 3. The van der Waals surface area contributed by atoms with E-state index in [9.17, 15) is 13.2 Å². The monoisotopic (exact) mass is 488 g/mol. The highest BCUT2D eigenvalue weighted by Gasteiger charge is 2.32. The van der Waals surface area contributed by atoms with E-state index in [1.165, 1.54) is 27.4 Å². The zero-order chi connectivity index (χ0) is 22.7. The molecular weight excluding hydrogens is 464 g/mol. The van der Waals surface area contributed by atoms with E-state index in [1.54, 1.807) is 17.6 Å². The van der Waals surface area contributed by atoms with E-state index in [0.29, 0.717) is 30.8 Å². The molecule has 0 atom stereocenters. The predicted molar refractivity (Wildman–Crippen MR) is 127 cm³/mol. The van der Waals surface area contributed by atoms with E-state index in [-0.39, 0.29) is 11.8 Å². The molecule has 1 aliphatic heterocycles. The summed E-state index contributed by atoms with van der Waals surface area (Å²) in [6, 6.07) is 12.8. The lowest BCUT2D eigenvalue weighted by atomic mass is 9.97. The van der Waals surface area contributed by atoms with Crippen LogP contribution in [0.5, 0.6) is 0 Å². The Morgan fingerprint density at radius 1 is 1.12 bits per heavy atom. The molecule has 3 aromatic rings. The molecule has 1 aliphatic rings. The fourth-order valence-electron chi connectivity index (χ4n) is 3.58. The van der Waals surface area contributed by atoms with Gasteiger partial charge in [0.2, 0.25) is 15.9 Å². The molecule has 0 aliphatic carbocycles. The van der Waals surface area contributed by atoms with E-state index in [2.05, 4.69) is 15.5 Å². The lowest BCUT2D eigenvalue weighted by molar-refractivity contribution is -0.120. The van der Waals surface area contributed by atoms with Crippen molar-refractivity contribution in [3.05, 3.63) is 59.1 Å². The van der Waals surface area contributed by atoms with Crippen LogP contribution in [0.1, 0.15) is 24.0 Å². The number of amides is 1. The summed E-state index contributed by atoms with van der Waals surface area (Å²) < 4.78 is 28.3. The minimum Gasteiger partial charge on any atom is -0.325 e. The minimum atomic E-state index is -3.56. The first-order valence-electron chi connectivity index (χ1n) is 10.3. The number of aryl methyl sites for hydroxylation is 2. The van der Waals surface area contributed by atoms with Crippen molar-refractivity contribution in [3.63, 3.8) is 0 Å². The third-order valence-corrected chi connectivity index (χ3v) is 9.37. The van der Waals surface area contributed by atoms with Crippen LogP contribution in [0.2, 0.25) is 0 Å². The van der Waals surface area contributed by atoms with Crippen LogP contribution >= 0.6 is 23.1 Å². The van der Waals surface area contributed by atoms with Gasteiger partial charge in [-0.25, -0.2) is 8.42 Å². The Bertz CT molecular complexity index is 1200. The van der Waals surface area contributed by atoms with Crippen LogP contribution in [0.3, 0.4) is 0 Å². The molecule has 1 fully saturated rings. The fraction of sp³-hybridized carbons (Fsp3) is 0.318. The number of rotatable bonds is 6. The third-order valence-electron chi connectivity index (χ3n) is 5.62. The fourth-order valence-corrected chi connectivity index (χ4v) is 6.65. The Kier molecular flexibility index (Phi) is 6.94. The van der Waals surface area contributed by atoms with Crippen molar-refractivity contribution < 1.29 is 13.2 Å². The van der Waals surface area contributed by atoms with Gasteiger partial charge in [0.25, 0.3) is 0 Å². The zero-order valence-corrected chi connectivity index (χ0v) is 20.3. The first kappa shape index (κ1) is 22.9. The molecule has 0 bridgehead atoms. The number of nitrogens with one attached hydrogen (secondary N) is 1. The smallest absolute Gasteiger partial charge is 0.243 e. The van der Waals surface area contributed by atoms with E-state index >= 15 is 0 Å². The second-order valence-corrected chi connectivity index (χ2v) is 11.8. The van der Waals surface area contributed by atoms with Gasteiger partial charge in [0.15, 0.2) is 4.34 Å². The molecule has 7 nitrogen and oxygen atoms in total. The van der Waals surface area contributed by atoms with Crippen molar-refractivity contribution >= 4 is 44.7 Å². The van der Waals surface area contributed by atoms with Crippen molar-refractivity contribution in [3.8, 4) is 0 Å². The number of para-hydroxylation sites is 1. The molecule has 1 amide bonds. The van der Waals surface area contributed by atoms with E-state index in [4.69, 9.17) is 0 Å². The Hall–Kier alpha value is -2.27. The summed E-state index contributed by atoms with van der Waals surface area (Å²) in [5.74, 6) is -0.320. The summed E-state index contributed by atoms with van der Waals surface area (Å²) in [4.78, 5) is 14.1. The van der Waals surface area contributed by atoms with Gasteiger partial charge >= 0.3 is 0 Å². The second-order valence-electron chi connectivity index (χ2n) is 7.72. The number of sulfonamides is 1. The summed E-state index contributed by atoms with van der Waals surface area (Å²) in [7, 11) is -3.56. The van der Waals surface area contributed by atoms with Crippen LogP contribution in [-0.4, -0.2) is 41.9 Å². The quantitative estimate of drug-likeness (QED) is 0.555. The predicted octanol–water partition coefficient (Wildman–Crippen LogP) is 4.35.